The maximum Gasteiger partial charge on any atom is 0.173 e. The summed E-state index contributed by atoms with van der Waals surface area (Å²) in [5.74, 6) is -0.367. The highest BCUT2D eigenvalue weighted by atomic mass is 16.1. The number of ketones is 1. The van der Waals surface area contributed by atoms with Crippen LogP contribution in [-0.2, 0) is 5.41 Å². The molecule has 2 aliphatic rings. The molecule has 0 N–H and O–H groups in total. The van der Waals surface area contributed by atoms with Gasteiger partial charge in [0.25, 0.3) is 0 Å². The number of carbonyl (C=O) groups excluding carboxylic acids is 1. The molecule has 2 nitrogen and oxygen atoms in total. The van der Waals surface area contributed by atoms with Crippen LogP contribution in [0.5, 0.6) is 0 Å². The number of allylic oxidation sites excluding steroid dienone is 2. The smallest absolute Gasteiger partial charge is 0.173 e. The van der Waals surface area contributed by atoms with Gasteiger partial charge in [0, 0.05) is 23.7 Å². The van der Waals surface area contributed by atoms with Gasteiger partial charge in [-0.3, -0.25) is 4.79 Å². The fourth-order valence-electron chi connectivity index (χ4n) is 7.46. The Labute approximate surface area is 248 Å². The number of likely N-dealkylation sites (N-methyl/N-ethyl adjacent to an activating group) is 1. The van der Waals surface area contributed by atoms with Crippen LogP contribution in [0.2, 0.25) is 0 Å². The molecular weight excluding hydrogens is 510 g/mol. The van der Waals surface area contributed by atoms with E-state index >= 15 is 4.79 Å². The number of carbonyl (C=O) groups is 1. The number of benzene rings is 5. The van der Waals surface area contributed by atoms with Gasteiger partial charge in [0.1, 0.15) is 0 Å². The molecule has 1 aliphatic heterocycles. The molecular formula is C40H33NO. The topological polar surface area (TPSA) is 20.3 Å². The van der Waals surface area contributed by atoms with Gasteiger partial charge in [-0.25, -0.2) is 0 Å². The first kappa shape index (κ1) is 26.0. The molecule has 2 heteroatoms. The Morgan fingerprint density at radius 1 is 0.643 bits per heavy atom. The summed E-state index contributed by atoms with van der Waals surface area (Å²) in [5.41, 5.74) is 7.32. The zero-order valence-electron chi connectivity index (χ0n) is 23.9. The fourth-order valence-corrected chi connectivity index (χ4v) is 7.46. The Kier molecular flexibility index (Phi) is 6.28. The molecule has 0 aromatic heterocycles. The molecule has 3 atom stereocenters. The highest BCUT2D eigenvalue weighted by molar-refractivity contribution is 6.10. The van der Waals surface area contributed by atoms with Crippen LogP contribution in [0.25, 0.3) is 11.1 Å². The summed E-state index contributed by atoms with van der Waals surface area (Å²) in [6.45, 7) is 2.34. The quantitative estimate of drug-likeness (QED) is 0.206. The van der Waals surface area contributed by atoms with E-state index in [0.717, 1.165) is 33.5 Å². The summed E-state index contributed by atoms with van der Waals surface area (Å²) < 4.78 is 0. The Morgan fingerprint density at radius 3 is 1.81 bits per heavy atom. The molecule has 1 heterocycles. The van der Waals surface area contributed by atoms with Gasteiger partial charge in [-0.1, -0.05) is 140 Å². The predicted octanol–water partition coefficient (Wildman–Crippen LogP) is 8.86. The molecule has 42 heavy (non-hydrogen) atoms. The summed E-state index contributed by atoms with van der Waals surface area (Å²) in [5, 5.41) is 0. The minimum absolute atomic E-state index is 0.121. The van der Waals surface area contributed by atoms with Crippen LogP contribution >= 0.6 is 0 Å². The maximum absolute atomic E-state index is 15.1. The van der Waals surface area contributed by atoms with Crippen LogP contribution in [0.15, 0.2) is 158 Å². The van der Waals surface area contributed by atoms with Crippen molar-refractivity contribution in [2.45, 2.75) is 17.9 Å². The summed E-state index contributed by atoms with van der Waals surface area (Å²) in [6, 6.07) is 50.2. The van der Waals surface area contributed by atoms with Gasteiger partial charge in [-0.05, 0) is 58.5 Å². The van der Waals surface area contributed by atoms with Crippen molar-refractivity contribution in [2.24, 2.45) is 5.92 Å². The van der Waals surface area contributed by atoms with Crippen molar-refractivity contribution in [2.75, 3.05) is 11.9 Å². The lowest BCUT2D eigenvalue weighted by atomic mass is 9.54. The van der Waals surface area contributed by atoms with Gasteiger partial charge in [-0.15, -0.1) is 0 Å². The average Bonchev–Trinajstić information content (AvgIpc) is 3.25. The second-order valence-electron chi connectivity index (χ2n) is 11.5. The number of nitrogens with zero attached hydrogens (tertiary/aromatic N) is 1. The molecule has 5 aromatic carbocycles. The average molecular weight is 544 g/mol. The lowest BCUT2D eigenvalue weighted by molar-refractivity contribution is 0.0892. The van der Waals surface area contributed by atoms with E-state index in [1.807, 2.05) is 36.4 Å². The second-order valence-corrected chi connectivity index (χ2v) is 11.5. The number of Topliss-reactive ketones (excluding diaryl/α,β-unsaturated/α-hetero) is 1. The van der Waals surface area contributed by atoms with Crippen molar-refractivity contribution in [3.63, 3.8) is 0 Å². The molecule has 204 valence electrons. The highest BCUT2D eigenvalue weighted by Crippen LogP contribution is 2.62. The second kappa shape index (κ2) is 10.2. The molecule has 0 fully saturated rings. The Hall–Kier alpha value is -4.95. The van der Waals surface area contributed by atoms with Crippen LogP contribution < -0.4 is 4.90 Å². The summed E-state index contributed by atoms with van der Waals surface area (Å²) in [4.78, 5) is 17.5. The third-order valence-electron chi connectivity index (χ3n) is 9.48. The fraction of sp³-hybridized carbons (Fsp3) is 0.125. The van der Waals surface area contributed by atoms with E-state index in [1.54, 1.807) is 0 Å². The third kappa shape index (κ3) is 3.75. The van der Waals surface area contributed by atoms with E-state index < -0.39 is 16.9 Å². The molecule has 1 aliphatic carbocycles. The highest BCUT2D eigenvalue weighted by Gasteiger charge is 2.64. The van der Waals surface area contributed by atoms with Crippen LogP contribution in [-0.4, -0.2) is 18.4 Å². The van der Waals surface area contributed by atoms with Gasteiger partial charge < -0.3 is 4.90 Å². The number of para-hydroxylation sites is 1. The first-order chi connectivity index (χ1) is 20.6. The molecule has 5 aromatic rings. The van der Waals surface area contributed by atoms with Crippen molar-refractivity contribution < 1.29 is 4.79 Å². The minimum atomic E-state index is -0.754. The summed E-state index contributed by atoms with van der Waals surface area (Å²) in [7, 11) is 2.17. The Balaban J connectivity index is 1.62. The van der Waals surface area contributed by atoms with E-state index in [-0.39, 0.29) is 5.78 Å². The third-order valence-corrected chi connectivity index (χ3v) is 9.48. The van der Waals surface area contributed by atoms with Crippen molar-refractivity contribution in [1.82, 2.24) is 0 Å². The summed E-state index contributed by atoms with van der Waals surface area (Å²) in [6.07, 6.45) is 4.65. The lowest BCUT2D eigenvalue weighted by Gasteiger charge is -2.53. The first-order valence-electron chi connectivity index (χ1n) is 14.6. The van der Waals surface area contributed by atoms with E-state index in [1.165, 1.54) is 11.1 Å². The normalized spacial score (nSPS) is 22.8. The van der Waals surface area contributed by atoms with Crippen LogP contribution in [0.1, 0.15) is 39.5 Å². The van der Waals surface area contributed by atoms with Gasteiger partial charge in [0.15, 0.2) is 5.78 Å². The van der Waals surface area contributed by atoms with Gasteiger partial charge in [-0.2, -0.15) is 0 Å². The molecule has 1 spiro atoms. The minimum Gasteiger partial charge on any atom is -0.363 e. The molecule has 0 saturated heterocycles. The molecule has 0 amide bonds. The van der Waals surface area contributed by atoms with Gasteiger partial charge in [0.2, 0.25) is 0 Å². The number of rotatable bonds is 5. The zero-order chi connectivity index (χ0) is 28.7. The van der Waals surface area contributed by atoms with E-state index in [0.29, 0.717) is 0 Å². The molecule has 0 saturated carbocycles. The lowest BCUT2D eigenvalue weighted by Crippen LogP contribution is -2.62. The number of hydrogen-bond donors (Lipinski definition) is 0. The SMILES string of the molecule is CN1c2ccccc2C(C)(c2ccccc2)C12C=C(c1ccccc1)C=C(c1ccccc1)C2C(=O)c1ccccc1. The molecule has 0 radical (unpaired) electrons. The summed E-state index contributed by atoms with van der Waals surface area (Å²) >= 11 is 0. The largest absolute Gasteiger partial charge is 0.363 e. The van der Waals surface area contributed by atoms with E-state index in [2.05, 4.69) is 140 Å². The van der Waals surface area contributed by atoms with E-state index in [9.17, 15) is 0 Å². The maximum atomic E-state index is 15.1. The standard InChI is InChI=1S/C40H33NO/c1-39(33-23-13-6-14-24-33)35-25-15-16-26-36(35)41(2)40(39)28-32(29-17-7-3-8-18-29)27-34(30-19-9-4-10-20-30)37(40)38(42)31-21-11-5-12-22-31/h3-28,37H,1-2H3. The van der Waals surface area contributed by atoms with Gasteiger partial charge in [0.05, 0.1) is 11.5 Å². The number of hydrogen-bond acceptors (Lipinski definition) is 2. The van der Waals surface area contributed by atoms with Crippen LogP contribution in [0.4, 0.5) is 5.69 Å². The number of anilines is 1. The Morgan fingerprint density at radius 2 is 1.17 bits per heavy atom. The van der Waals surface area contributed by atoms with Crippen molar-refractivity contribution in [3.8, 4) is 0 Å². The molecule has 0 bridgehead atoms. The van der Waals surface area contributed by atoms with Gasteiger partial charge >= 0.3 is 0 Å². The van der Waals surface area contributed by atoms with Crippen LogP contribution in [0.3, 0.4) is 0 Å². The van der Waals surface area contributed by atoms with Crippen molar-refractivity contribution in [1.29, 1.82) is 0 Å². The monoisotopic (exact) mass is 543 g/mol. The van der Waals surface area contributed by atoms with Crippen molar-refractivity contribution in [3.05, 3.63) is 186 Å². The van der Waals surface area contributed by atoms with E-state index in [4.69, 9.17) is 0 Å². The van der Waals surface area contributed by atoms with Crippen molar-refractivity contribution >= 4 is 22.6 Å². The Bertz CT molecular complexity index is 1810. The zero-order valence-corrected chi connectivity index (χ0v) is 23.9. The van der Waals surface area contributed by atoms with Crippen LogP contribution in [0, 0.1) is 5.92 Å². The number of fused-ring (bicyclic) bond motifs is 1. The predicted molar refractivity (Wildman–Crippen MR) is 174 cm³/mol. The molecule has 3 unspecified atom stereocenters. The first-order valence-corrected chi connectivity index (χ1v) is 14.6. The molecule has 7 rings (SSSR count).